The van der Waals surface area contributed by atoms with Gasteiger partial charge in [0.1, 0.15) is 11.5 Å². The van der Waals surface area contributed by atoms with Gasteiger partial charge in [0, 0.05) is 31.2 Å². The summed E-state index contributed by atoms with van der Waals surface area (Å²) in [5.41, 5.74) is 4.17. The molecule has 1 aromatic carbocycles. The molecule has 1 aliphatic heterocycles. The van der Waals surface area contributed by atoms with E-state index in [9.17, 15) is 0 Å². The monoisotopic (exact) mass is 284 g/mol. The third-order valence-corrected chi connectivity index (χ3v) is 4.06. The lowest BCUT2D eigenvalue weighted by Crippen LogP contribution is -2.21. The summed E-state index contributed by atoms with van der Waals surface area (Å²) in [6.07, 6.45) is 0. The second-order valence-corrected chi connectivity index (χ2v) is 6.24. The lowest BCUT2D eigenvalue weighted by atomic mass is 10.1. The minimum Gasteiger partial charge on any atom is -0.465 e. The van der Waals surface area contributed by atoms with Gasteiger partial charge in [0.15, 0.2) is 0 Å². The minimum absolute atomic E-state index is 0.496. The van der Waals surface area contributed by atoms with E-state index in [2.05, 4.69) is 61.3 Å². The van der Waals surface area contributed by atoms with Crippen molar-refractivity contribution >= 4 is 0 Å². The van der Waals surface area contributed by atoms with Crippen molar-refractivity contribution in [2.24, 2.45) is 0 Å². The number of nitrogens with one attached hydrogen (secondary N) is 1. The number of rotatable bonds is 5. The molecule has 1 aliphatic rings. The third-order valence-electron chi connectivity index (χ3n) is 4.06. The zero-order valence-corrected chi connectivity index (χ0v) is 13.1. The Balaban J connectivity index is 1.63. The number of fused-ring (bicyclic) bond motifs is 1. The van der Waals surface area contributed by atoms with Crippen LogP contribution in [-0.2, 0) is 26.2 Å². The Morgan fingerprint density at radius 2 is 1.86 bits per heavy atom. The standard InChI is InChI=1S/C18H24N2O/c1-13(2)19-9-17-8-18(21-14(17)3)12-20-10-15-6-4-5-7-16(15)11-20/h4-8,13,19H,9-12H2,1-3H3. The average Bonchev–Trinajstić information content (AvgIpc) is 2.99. The molecule has 0 fully saturated rings. The van der Waals surface area contributed by atoms with Gasteiger partial charge in [-0.2, -0.15) is 0 Å². The second-order valence-electron chi connectivity index (χ2n) is 6.24. The Labute approximate surface area is 127 Å². The van der Waals surface area contributed by atoms with Crippen LogP contribution in [0.1, 0.15) is 42.1 Å². The van der Waals surface area contributed by atoms with Crippen LogP contribution in [0.5, 0.6) is 0 Å². The summed E-state index contributed by atoms with van der Waals surface area (Å²) in [6.45, 7) is 10.2. The smallest absolute Gasteiger partial charge is 0.118 e. The molecule has 3 nitrogen and oxygen atoms in total. The van der Waals surface area contributed by atoms with Gasteiger partial charge in [0.05, 0.1) is 6.54 Å². The van der Waals surface area contributed by atoms with E-state index >= 15 is 0 Å². The maximum Gasteiger partial charge on any atom is 0.118 e. The van der Waals surface area contributed by atoms with E-state index in [4.69, 9.17) is 4.42 Å². The largest absolute Gasteiger partial charge is 0.465 e. The predicted octanol–water partition coefficient (Wildman–Crippen LogP) is 3.60. The first-order chi connectivity index (χ1) is 10.1. The van der Waals surface area contributed by atoms with E-state index in [-0.39, 0.29) is 0 Å². The van der Waals surface area contributed by atoms with Crippen molar-refractivity contribution in [3.05, 3.63) is 58.5 Å². The maximum atomic E-state index is 5.93. The van der Waals surface area contributed by atoms with E-state index < -0.39 is 0 Å². The molecule has 1 N–H and O–H groups in total. The molecule has 3 heteroatoms. The summed E-state index contributed by atoms with van der Waals surface area (Å²) in [6, 6.07) is 11.4. The van der Waals surface area contributed by atoms with Crippen LogP contribution in [0.3, 0.4) is 0 Å². The zero-order valence-electron chi connectivity index (χ0n) is 13.1. The number of hydrogen-bond acceptors (Lipinski definition) is 3. The van der Waals surface area contributed by atoms with Gasteiger partial charge in [-0.25, -0.2) is 0 Å². The first kappa shape index (κ1) is 14.4. The molecule has 3 rings (SSSR count). The second kappa shape index (κ2) is 6.04. The van der Waals surface area contributed by atoms with E-state index in [1.165, 1.54) is 16.7 Å². The zero-order chi connectivity index (χ0) is 14.8. The molecule has 2 aromatic rings. The van der Waals surface area contributed by atoms with Gasteiger partial charge in [-0.05, 0) is 24.1 Å². The molecule has 0 saturated carbocycles. The molecule has 21 heavy (non-hydrogen) atoms. The van der Waals surface area contributed by atoms with E-state index in [0.29, 0.717) is 6.04 Å². The lowest BCUT2D eigenvalue weighted by Gasteiger charge is -2.12. The molecule has 0 aliphatic carbocycles. The Morgan fingerprint density at radius 1 is 1.19 bits per heavy atom. The molecule has 1 aromatic heterocycles. The van der Waals surface area contributed by atoms with Gasteiger partial charge in [-0.3, -0.25) is 4.90 Å². The van der Waals surface area contributed by atoms with Crippen LogP contribution in [0.4, 0.5) is 0 Å². The molecule has 0 bridgehead atoms. The minimum atomic E-state index is 0.496. The van der Waals surface area contributed by atoms with Crippen molar-refractivity contribution in [2.45, 2.75) is 53.0 Å². The van der Waals surface area contributed by atoms with E-state index in [1.54, 1.807) is 0 Å². The summed E-state index contributed by atoms with van der Waals surface area (Å²) >= 11 is 0. The highest BCUT2D eigenvalue weighted by atomic mass is 16.3. The van der Waals surface area contributed by atoms with Gasteiger partial charge in [-0.1, -0.05) is 38.1 Å². The molecule has 0 saturated heterocycles. The van der Waals surface area contributed by atoms with Crippen molar-refractivity contribution in [3.8, 4) is 0 Å². The summed E-state index contributed by atoms with van der Waals surface area (Å²) in [5, 5.41) is 3.45. The van der Waals surface area contributed by atoms with Crippen LogP contribution >= 0.6 is 0 Å². The Bertz CT molecular complexity index is 590. The van der Waals surface area contributed by atoms with Crippen LogP contribution in [0.2, 0.25) is 0 Å². The molecule has 112 valence electrons. The molecule has 0 spiro atoms. The molecule has 2 heterocycles. The Hall–Kier alpha value is -1.58. The number of furan rings is 1. The number of benzene rings is 1. The topological polar surface area (TPSA) is 28.4 Å². The highest BCUT2D eigenvalue weighted by molar-refractivity contribution is 5.30. The maximum absolute atomic E-state index is 5.93. The fourth-order valence-corrected chi connectivity index (χ4v) is 2.89. The van der Waals surface area contributed by atoms with E-state index in [1.807, 2.05) is 0 Å². The van der Waals surface area contributed by atoms with Crippen LogP contribution in [0.25, 0.3) is 0 Å². The fraction of sp³-hybridized carbons (Fsp3) is 0.444. The molecule has 0 radical (unpaired) electrons. The summed E-state index contributed by atoms with van der Waals surface area (Å²) < 4.78 is 5.93. The molecular weight excluding hydrogens is 260 g/mol. The molecule has 0 atom stereocenters. The Morgan fingerprint density at radius 3 is 2.48 bits per heavy atom. The van der Waals surface area contributed by atoms with Crippen LogP contribution < -0.4 is 5.32 Å². The van der Waals surface area contributed by atoms with Gasteiger partial charge in [0.25, 0.3) is 0 Å². The van der Waals surface area contributed by atoms with Gasteiger partial charge in [0.2, 0.25) is 0 Å². The van der Waals surface area contributed by atoms with Gasteiger partial charge in [-0.15, -0.1) is 0 Å². The summed E-state index contributed by atoms with van der Waals surface area (Å²) in [5.74, 6) is 2.11. The third kappa shape index (κ3) is 3.36. The molecular formula is C18H24N2O. The highest BCUT2D eigenvalue weighted by Crippen LogP contribution is 2.25. The van der Waals surface area contributed by atoms with Gasteiger partial charge >= 0.3 is 0 Å². The van der Waals surface area contributed by atoms with Crippen molar-refractivity contribution in [1.29, 1.82) is 0 Å². The first-order valence-electron chi connectivity index (χ1n) is 7.72. The Kier molecular flexibility index (Phi) is 4.13. The number of hydrogen-bond donors (Lipinski definition) is 1. The lowest BCUT2D eigenvalue weighted by molar-refractivity contribution is 0.249. The van der Waals surface area contributed by atoms with Crippen LogP contribution in [-0.4, -0.2) is 10.9 Å². The average molecular weight is 284 g/mol. The van der Waals surface area contributed by atoms with Crippen molar-refractivity contribution < 1.29 is 4.42 Å². The first-order valence-corrected chi connectivity index (χ1v) is 7.72. The molecule has 0 amide bonds. The summed E-state index contributed by atoms with van der Waals surface area (Å²) in [7, 11) is 0. The fourth-order valence-electron chi connectivity index (χ4n) is 2.89. The normalized spacial score (nSPS) is 14.9. The summed E-state index contributed by atoms with van der Waals surface area (Å²) in [4.78, 5) is 2.43. The van der Waals surface area contributed by atoms with Crippen molar-refractivity contribution in [3.63, 3.8) is 0 Å². The highest BCUT2D eigenvalue weighted by Gasteiger charge is 2.20. The number of nitrogens with zero attached hydrogens (tertiary/aromatic N) is 1. The number of aryl methyl sites for hydroxylation is 1. The van der Waals surface area contributed by atoms with Crippen molar-refractivity contribution in [2.75, 3.05) is 0 Å². The molecule has 0 unspecified atom stereocenters. The quantitative estimate of drug-likeness (QED) is 0.909. The predicted molar refractivity (Wildman–Crippen MR) is 84.8 cm³/mol. The van der Waals surface area contributed by atoms with E-state index in [0.717, 1.165) is 37.7 Å². The SMILES string of the molecule is Cc1oc(CN2Cc3ccccc3C2)cc1CNC(C)C. The van der Waals surface area contributed by atoms with Crippen LogP contribution in [0, 0.1) is 6.92 Å². The van der Waals surface area contributed by atoms with Crippen molar-refractivity contribution in [1.82, 2.24) is 10.2 Å². The van der Waals surface area contributed by atoms with Gasteiger partial charge < -0.3 is 9.73 Å². The van der Waals surface area contributed by atoms with Crippen LogP contribution in [0.15, 0.2) is 34.7 Å².